The zero-order valence-electron chi connectivity index (χ0n) is 17.9. The normalized spacial score (nSPS) is 14.1. The maximum atomic E-state index is 12.7. The van der Waals surface area contributed by atoms with Gasteiger partial charge >= 0.3 is 0 Å². The number of nitrogens with one attached hydrogen (secondary N) is 2. The van der Waals surface area contributed by atoms with Crippen LogP contribution < -0.4 is 19.7 Å². The molecule has 1 fully saturated rings. The number of hydrogen-bond acceptors (Lipinski definition) is 8. The molecular formula is C22H25N5O4S. The highest BCUT2D eigenvalue weighted by atomic mass is 32.2. The number of rotatable bonds is 7. The van der Waals surface area contributed by atoms with Gasteiger partial charge in [-0.3, -0.25) is 4.72 Å². The minimum absolute atomic E-state index is 0.131. The van der Waals surface area contributed by atoms with E-state index in [1.54, 1.807) is 36.4 Å². The van der Waals surface area contributed by atoms with Crippen LogP contribution in [0.4, 0.5) is 23.0 Å². The summed E-state index contributed by atoms with van der Waals surface area (Å²) in [6.45, 7) is 4.79. The van der Waals surface area contributed by atoms with E-state index in [9.17, 15) is 8.42 Å². The van der Waals surface area contributed by atoms with Gasteiger partial charge in [0.15, 0.2) is 0 Å². The topological polar surface area (TPSA) is 106 Å². The molecule has 0 spiro atoms. The van der Waals surface area contributed by atoms with E-state index in [0.717, 1.165) is 24.6 Å². The molecule has 32 heavy (non-hydrogen) atoms. The summed E-state index contributed by atoms with van der Waals surface area (Å²) in [5.74, 6) is 2.66. The lowest BCUT2D eigenvalue weighted by Gasteiger charge is -2.28. The molecular weight excluding hydrogens is 430 g/mol. The Kier molecular flexibility index (Phi) is 6.42. The Balaban J connectivity index is 1.46. The molecule has 0 saturated carbocycles. The van der Waals surface area contributed by atoms with Gasteiger partial charge in [-0.2, -0.15) is 0 Å². The maximum Gasteiger partial charge on any atom is 0.262 e. The van der Waals surface area contributed by atoms with E-state index < -0.39 is 10.0 Å². The molecule has 3 aromatic rings. The van der Waals surface area contributed by atoms with Gasteiger partial charge in [0.05, 0.1) is 25.2 Å². The summed E-state index contributed by atoms with van der Waals surface area (Å²) in [4.78, 5) is 11.3. The van der Waals surface area contributed by atoms with Crippen molar-refractivity contribution in [2.45, 2.75) is 11.8 Å². The van der Waals surface area contributed by atoms with E-state index in [0.29, 0.717) is 36.3 Å². The highest BCUT2D eigenvalue weighted by Gasteiger charge is 2.16. The quantitative estimate of drug-likeness (QED) is 0.560. The van der Waals surface area contributed by atoms with Crippen LogP contribution in [0.1, 0.15) is 5.82 Å². The fourth-order valence-corrected chi connectivity index (χ4v) is 4.42. The third-order valence-corrected chi connectivity index (χ3v) is 6.30. The number of ether oxygens (including phenoxy) is 2. The van der Waals surface area contributed by atoms with Gasteiger partial charge in [0, 0.05) is 36.6 Å². The first-order valence-electron chi connectivity index (χ1n) is 10.2. The lowest BCUT2D eigenvalue weighted by Crippen LogP contribution is -2.36. The largest absolute Gasteiger partial charge is 0.497 e. The lowest BCUT2D eigenvalue weighted by atomic mass is 10.3. The SMILES string of the molecule is COc1cccc(S(=O)(=O)Nc2ccc(Nc3cc(N4CCOCC4)nc(C)n3)cc2)c1. The summed E-state index contributed by atoms with van der Waals surface area (Å²) >= 11 is 0. The van der Waals surface area contributed by atoms with Crippen molar-refractivity contribution in [3.8, 4) is 5.75 Å². The van der Waals surface area contributed by atoms with Crippen molar-refractivity contribution >= 4 is 33.0 Å². The molecule has 9 nitrogen and oxygen atoms in total. The van der Waals surface area contributed by atoms with Crippen molar-refractivity contribution in [2.24, 2.45) is 0 Å². The van der Waals surface area contributed by atoms with Crippen LogP contribution in [-0.4, -0.2) is 51.8 Å². The molecule has 4 rings (SSSR count). The Morgan fingerprint density at radius 1 is 1.00 bits per heavy atom. The number of anilines is 4. The Morgan fingerprint density at radius 2 is 1.72 bits per heavy atom. The predicted molar refractivity (Wildman–Crippen MR) is 123 cm³/mol. The second-order valence-corrected chi connectivity index (χ2v) is 8.93. The molecule has 2 heterocycles. The van der Waals surface area contributed by atoms with Crippen molar-refractivity contribution in [2.75, 3.05) is 48.4 Å². The Bertz CT molecular complexity index is 1180. The number of aromatic nitrogens is 2. The molecule has 0 aliphatic carbocycles. The summed E-state index contributed by atoms with van der Waals surface area (Å²) in [6.07, 6.45) is 0. The second-order valence-electron chi connectivity index (χ2n) is 7.24. The number of aryl methyl sites for hydroxylation is 1. The third-order valence-electron chi connectivity index (χ3n) is 4.92. The van der Waals surface area contributed by atoms with E-state index in [1.165, 1.54) is 19.2 Å². The van der Waals surface area contributed by atoms with Crippen molar-refractivity contribution in [1.82, 2.24) is 9.97 Å². The molecule has 168 valence electrons. The molecule has 0 radical (unpaired) electrons. The Morgan fingerprint density at radius 3 is 2.44 bits per heavy atom. The van der Waals surface area contributed by atoms with E-state index in [-0.39, 0.29) is 4.90 Å². The molecule has 0 amide bonds. The summed E-state index contributed by atoms with van der Waals surface area (Å²) in [5, 5.41) is 3.26. The zero-order chi connectivity index (χ0) is 22.6. The van der Waals surface area contributed by atoms with Gasteiger partial charge in [-0.05, 0) is 43.3 Å². The van der Waals surface area contributed by atoms with Gasteiger partial charge < -0.3 is 19.7 Å². The fraction of sp³-hybridized carbons (Fsp3) is 0.273. The minimum Gasteiger partial charge on any atom is -0.497 e. The number of nitrogens with zero attached hydrogens (tertiary/aromatic N) is 3. The highest BCUT2D eigenvalue weighted by molar-refractivity contribution is 7.92. The molecule has 2 N–H and O–H groups in total. The van der Waals surface area contributed by atoms with Gasteiger partial charge in [-0.25, -0.2) is 18.4 Å². The van der Waals surface area contributed by atoms with E-state index in [4.69, 9.17) is 9.47 Å². The van der Waals surface area contributed by atoms with Crippen molar-refractivity contribution in [3.63, 3.8) is 0 Å². The van der Waals surface area contributed by atoms with E-state index in [1.807, 2.05) is 13.0 Å². The van der Waals surface area contributed by atoms with Crippen LogP contribution >= 0.6 is 0 Å². The summed E-state index contributed by atoms with van der Waals surface area (Å²) < 4.78 is 38.4. The van der Waals surface area contributed by atoms with Crippen LogP contribution in [0.15, 0.2) is 59.5 Å². The first-order chi connectivity index (χ1) is 15.4. The van der Waals surface area contributed by atoms with Crippen LogP contribution in [0.2, 0.25) is 0 Å². The minimum atomic E-state index is -3.73. The predicted octanol–water partition coefficient (Wildman–Crippen LogP) is 3.17. The summed E-state index contributed by atoms with van der Waals surface area (Å²) in [7, 11) is -2.23. The molecule has 10 heteroatoms. The summed E-state index contributed by atoms with van der Waals surface area (Å²) in [5.41, 5.74) is 1.23. The van der Waals surface area contributed by atoms with Gasteiger partial charge in [0.2, 0.25) is 0 Å². The molecule has 0 unspecified atom stereocenters. The molecule has 0 bridgehead atoms. The first-order valence-corrected chi connectivity index (χ1v) is 11.6. The molecule has 1 aromatic heterocycles. The Hall–Kier alpha value is -3.37. The summed E-state index contributed by atoms with van der Waals surface area (Å²) in [6, 6.07) is 15.2. The lowest BCUT2D eigenvalue weighted by molar-refractivity contribution is 0.122. The second kappa shape index (κ2) is 9.41. The van der Waals surface area contributed by atoms with E-state index >= 15 is 0 Å². The molecule has 1 aliphatic rings. The number of methoxy groups -OCH3 is 1. The average molecular weight is 456 g/mol. The number of morpholine rings is 1. The first kappa shape index (κ1) is 21.8. The third kappa shape index (κ3) is 5.27. The van der Waals surface area contributed by atoms with Crippen LogP contribution in [0.25, 0.3) is 0 Å². The molecule has 0 atom stereocenters. The standard InChI is InChI=1S/C22H25N5O4S/c1-16-23-21(15-22(24-16)27-10-12-31-13-11-27)25-17-6-8-18(9-7-17)26-32(28,29)20-5-3-4-19(14-20)30-2/h3-9,14-15,26H,10-13H2,1-2H3,(H,23,24,25). The molecule has 1 saturated heterocycles. The number of sulfonamides is 1. The van der Waals surface area contributed by atoms with E-state index in [2.05, 4.69) is 24.9 Å². The van der Waals surface area contributed by atoms with Gasteiger partial charge in [-0.15, -0.1) is 0 Å². The smallest absolute Gasteiger partial charge is 0.262 e. The van der Waals surface area contributed by atoms with Crippen LogP contribution in [0.3, 0.4) is 0 Å². The monoisotopic (exact) mass is 455 g/mol. The number of hydrogen-bond donors (Lipinski definition) is 2. The molecule has 1 aliphatic heterocycles. The number of benzene rings is 2. The zero-order valence-corrected chi connectivity index (χ0v) is 18.7. The Labute approximate surface area is 187 Å². The van der Waals surface area contributed by atoms with Crippen molar-refractivity contribution in [1.29, 1.82) is 0 Å². The van der Waals surface area contributed by atoms with Gasteiger partial charge in [-0.1, -0.05) is 6.07 Å². The van der Waals surface area contributed by atoms with Gasteiger partial charge in [0.1, 0.15) is 23.2 Å². The van der Waals surface area contributed by atoms with Gasteiger partial charge in [0.25, 0.3) is 10.0 Å². The van der Waals surface area contributed by atoms with Crippen LogP contribution in [0, 0.1) is 6.92 Å². The average Bonchev–Trinajstić information content (AvgIpc) is 2.80. The van der Waals surface area contributed by atoms with Crippen molar-refractivity contribution < 1.29 is 17.9 Å². The van der Waals surface area contributed by atoms with Crippen molar-refractivity contribution in [3.05, 3.63) is 60.4 Å². The maximum absolute atomic E-state index is 12.7. The molecule has 2 aromatic carbocycles. The fourth-order valence-electron chi connectivity index (χ4n) is 3.32. The van der Waals surface area contributed by atoms with Crippen LogP contribution in [-0.2, 0) is 14.8 Å². The highest BCUT2D eigenvalue weighted by Crippen LogP contribution is 2.24. The van der Waals surface area contributed by atoms with Crippen LogP contribution in [0.5, 0.6) is 5.75 Å².